The Kier molecular flexibility index (Phi) is 4.77. The largest absolute Gasteiger partial charge is 0.455 e. The molecule has 0 aliphatic rings. The fourth-order valence-corrected chi connectivity index (χ4v) is 2.59. The van der Waals surface area contributed by atoms with Crippen LogP contribution in [0.1, 0.15) is 31.9 Å². The van der Waals surface area contributed by atoms with E-state index in [2.05, 4.69) is 48.8 Å². The van der Waals surface area contributed by atoms with E-state index in [1.807, 2.05) is 30.3 Å². The molecule has 3 heteroatoms. The molecule has 0 aromatic heterocycles. The monoisotopic (exact) mass is 352 g/mol. The fourth-order valence-electron chi connectivity index (χ4n) is 1.91. The van der Waals surface area contributed by atoms with Crippen LogP contribution in [0, 0.1) is 0 Å². The molecule has 1 nitrogen and oxygen atoms in total. The van der Waals surface area contributed by atoms with E-state index in [4.69, 9.17) is 16.3 Å². The average molecular weight is 354 g/mol. The standard InChI is InChI=1S/C17H18BrClO/c1-17(2,3)13-7-9-14(10-8-13)20-16-12(11-18)5-4-6-15(16)19/h4-10H,11H2,1-3H3. The molecule has 0 aliphatic carbocycles. The van der Waals surface area contributed by atoms with Gasteiger partial charge in [0.15, 0.2) is 0 Å². The highest BCUT2D eigenvalue weighted by Crippen LogP contribution is 2.34. The summed E-state index contributed by atoms with van der Waals surface area (Å²) in [6.07, 6.45) is 0. The molecule has 0 saturated carbocycles. The van der Waals surface area contributed by atoms with Gasteiger partial charge >= 0.3 is 0 Å². The molecule has 0 aliphatic heterocycles. The van der Waals surface area contributed by atoms with Gasteiger partial charge in [0.05, 0.1) is 5.02 Å². The second kappa shape index (κ2) is 6.19. The van der Waals surface area contributed by atoms with Crippen molar-refractivity contribution < 1.29 is 4.74 Å². The van der Waals surface area contributed by atoms with Crippen molar-refractivity contribution in [1.82, 2.24) is 0 Å². The van der Waals surface area contributed by atoms with Crippen molar-refractivity contribution in [1.29, 1.82) is 0 Å². The van der Waals surface area contributed by atoms with Crippen LogP contribution in [0.4, 0.5) is 0 Å². The summed E-state index contributed by atoms with van der Waals surface area (Å²) in [7, 11) is 0. The Morgan fingerprint density at radius 2 is 1.70 bits per heavy atom. The third kappa shape index (κ3) is 3.56. The normalized spacial score (nSPS) is 11.4. The Morgan fingerprint density at radius 1 is 1.05 bits per heavy atom. The maximum atomic E-state index is 6.22. The number of para-hydroxylation sites is 1. The van der Waals surface area contributed by atoms with E-state index < -0.39 is 0 Å². The van der Waals surface area contributed by atoms with Crippen LogP contribution < -0.4 is 4.74 Å². The highest BCUT2D eigenvalue weighted by atomic mass is 79.9. The van der Waals surface area contributed by atoms with Gasteiger partial charge in [0, 0.05) is 10.9 Å². The van der Waals surface area contributed by atoms with Crippen molar-refractivity contribution in [2.24, 2.45) is 0 Å². The number of rotatable bonds is 3. The molecule has 0 atom stereocenters. The summed E-state index contributed by atoms with van der Waals surface area (Å²) in [5.74, 6) is 1.52. The van der Waals surface area contributed by atoms with Crippen molar-refractivity contribution in [3.8, 4) is 11.5 Å². The van der Waals surface area contributed by atoms with Crippen molar-refractivity contribution in [3.63, 3.8) is 0 Å². The SMILES string of the molecule is CC(C)(C)c1ccc(Oc2c(Cl)cccc2CBr)cc1. The van der Waals surface area contributed by atoms with Gasteiger partial charge in [0.25, 0.3) is 0 Å². The lowest BCUT2D eigenvalue weighted by molar-refractivity contribution is 0.477. The van der Waals surface area contributed by atoms with Gasteiger partial charge in [-0.25, -0.2) is 0 Å². The van der Waals surface area contributed by atoms with E-state index in [9.17, 15) is 0 Å². The Morgan fingerprint density at radius 3 is 2.25 bits per heavy atom. The van der Waals surface area contributed by atoms with Gasteiger partial charge in [-0.15, -0.1) is 0 Å². The lowest BCUT2D eigenvalue weighted by atomic mass is 9.87. The third-order valence-corrected chi connectivity index (χ3v) is 4.03. The predicted molar refractivity (Wildman–Crippen MR) is 89.3 cm³/mol. The molecule has 0 N–H and O–H groups in total. The first-order valence-electron chi connectivity index (χ1n) is 6.53. The number of halogens is 2. The topological polar surface area (TPSA) is 9.23 Å². The first-order valence-corrected chi connectivity index (χ1v) is 8.03. The van der Waals surface area contributed by atoms with Crippen molar-refractivity contribution in [3.05, 3.63) is 58.6 Å². The molecule has 0 spiro atoms. The highest BCUT2D eigenvalue weighted by Gasteiger charge is 2.14. The van der Waals surface area contributed by atoms with E-state index >= 15 is 0 Å². The second-order valence-corrected chi connectivity index (χ2v) is 6.71. The zero-order valence-electron chi connectivity index (χ0n) is 11.9. The maximum absolute atomic E-state index is 6.22. The zero-order chi connectivity index (χ0) is 14.8. The number of hydrogen-bond acceptors (Lipinski definition) is 1. The molecule has 0 amide bonds. The number of benzene rings is 2. The smallest absolute Gasteiger partial charge is 0.150 e. The molecule has 2 rings (SSSR count). The summed E-state index contributed by atoms with van der Waals surface area (Å²) in [6.45, 7) is 6.58. The minimum atomic E-state index is 0.143. The first-order chi connectivity index (χ1) is 9.41. The summed E-state index contributed by atoms with van der Waals surface area (Å²) in [5.41, 5.74) is 2.46. The summed E-state index contributed by atoms with van der Waals surface area (Å²) in [6, 6.07) is 13.9. The molecular formula is C17H18BrClO. The van der Waals surface area contributed by atoms with Gasteiger partial charge in [-0.3, -0.25) is 0 Å². The highest BCUT2D eigenvalue weighted by molar-refractivity contribution is 9.08. The van der Waals surface area contributed by atoms with Crippen LogP contribution in [-0.4, -0.2) is 0 Å². The molecule has 0 unspecified atom stereocenters. The molecule has 2 aromatic rings. The summed E-state index contributed by atoms with van der Waals surface area (Å²) < 4.78 is 5.94. The summed E-state index contributed by atoms with van der Waals surface area (Å²) in [5, 5.41) is 1.34. The summed E-state index contributed by atoms with van der Waals surface area (Å²) in [4.78, 5) is 0. The molecule has 2 aromatic carbocycles. The summed E-state index contributed by atoms with van der Waals surface area (Å²) >= 11 is 9.67. The number of ether oxygens (including phenoxy) is 1. The Hall–Kier alpha value is -0.990. The predicted octanol–water partition coefficient (Wildman–Crippen LogP) is 6.32. The molecular weight excluding hydrogens is 336 g/mol. The van der Waals surface area contributed by atoms with Crippen LogP contribution in [0.5, 0.6) is 11.5 Å². The Labute approximate surface area is 134 Å². The van der Waals surface area contributed by atoms with E-state index in [1.54, 1.807) is 0 Å². The quantitative estimate of drug-likeness (QED) is 0.586. The zero-order valence-corrected chi connectivity index (χ0v) is 14.3. The molecule has 0 radical (unpaired) electrons. The fraction of sp³-hybridized carbons (Fsp3) is 0.294. The molecule has 0 bridgehead atoms. The Balaban J connectivity index is 2.27. The van der Waals surface area contributed by atoms with Crippen LogP contribution >= 0.6 is 27.5 Å². The van der Waals surface area contributed by atoms with Gasteiger partial charge < -0.3 is 4.74 Å². The minimum Gasteiger partial charge on any atom is -0.455 e. The van der Waals surface area contributed by atoms with Gasteiger partial charge in [-0.2, -0.15) is 0 Å². The number of hydrogen-bond donors (Lipinski definition) is 0. The lowest BCUT2D eigenvalue weighted by Gasteiger charge is -2.19. The van der Waals surface area contributed by atoms with E-state index in [0.29, 0.717) is 10.4 Å². The minimum absolute atomic E-state index is 0.143. The van der Waals surface area contributed by atoms with E-state index in [1.165, 1.54) is 5.56 Å². The molecule has 20 heavy (non-hydrogen) atoms. The third-order valence-electron chi connectivity index (χ3n) is 3.13. The van der Waals surface area contributed by atoms with Crippen molar-refractivity contribution >= 4 is 27.5 Å². The van der Waals surface area contributed by atoms with Crippen LogP contribution in [0.2, 0.25) is 5.02 Å². The second-order valence-electron chi connectivity index (χ2n) is 5.74. The van der Waals surface area contributed by atoms with Crippen LogP contribution in [0.3, 0.4) is 0 Å². The van der Waals surface area contributed by atoms with Gasteiger partial charge in [-0.05, 0) is 29.2 Å². The molecule has 0 heterocycles. The van der Waals surface area contributed by atoms with Crippen molar-refractivity contribution in [2.45, 2.75) is 31.5 Å². The van der Waals surface area contributed by atoms with Gasteiger partial charge in [0.1, 0.15) is 11.5 Å². The maximum Gasteiger partial charge on any atom is 0.150 e. The van der Waals surface area contributed by atoms with Crippen LogP contribution in [0.25, 0.3) is 0 Å². The van der Waals surface area contributed by atoms with Crippen molar-refractivity contribution in [2.75, 3.05) is 0 Å². The average Bonchev–Trinajstić information content (AvgIpc) is 2.40. The van der Waals surface area contributed by atoms with Crippen LogP contribution in [0.15, 0.2) is 42.5 Å². The number of alkyl halides is 1. The van der Waals surface area contributed by atoms with E-state index in [0.717, 1.165) is 17.1 Å². The lowest BCUT2D eigenvalue weighted by Crippen LogP contribution is -2.10. The Bertz CT molecular complexity index is 585. The molecule has 0 saturated heterocycles. The molecule has 0 fully saturated rings. The van der Waals surface area contributed by atoms with Gasteiger partial charge in [-0.1, -0.05) is 72.6 Å². The van der Waals surface area contributed by atoms with Crippen LogP contribution in [-0.2, 0) is 10.7 Å². The van der Waals surface area contributed by atoms with E-state index in [-0.39, 0.29) is 5.41 Å². The van der Waals surface area contributed by atoms with Gasteiger partial charge in [0.2, 0.25) is 0 Å². The first kappa shape index (κ1) is 15.4. The molecule has 106 valence electrons.